The Balaban J connectivity index is 0.000000921. The van der Waals surface area contributed by atoms with Crippen molar-refractivity contribution in [3.8, 4) is 5.75 Å². The number of hydrogen-bond acceptors (Lipinski definition) is 2. The Bertz CT molecular complexity index is 282. The van der Waals surface area contributed by atoms with Crippen LogP contribution in [0.25, 0.3) is 0 Å². The first-order valence-corrected chi connectivity index (χ1v) is 5.42. The Morgan fingerprint density at radius 1 is 1.20 bits per heavy atom. The average molecular weight is 209 g/mol. The van der Waals surface area contributed by atoms with E-state index in [1.807, 2.05) is 26.0 Å². The highest BCUT2D eigenvalue weighted by atomic mass is 16.5. The molecule has 2 heteroatoms. The highest BCUT2D eigenvalue weighted by Gasteiger charge is 2.05. The summed E-state index contributed by atoms with van der Waals surface area (Å²) in [7, 11) is 5.84. The maximum Gasteiger partial charge on any atom is 0.123 e. The standard InChI is InChI=1S/C11H17NO.C2H6/c1-9-6-5-7-11(13-4)10(9)8-12(2)3;1-2/h5-7H,8H2,1-4H3;1-2H3. The monoisotopic (exact) mass is 209 g/mol. The lowest BCUT2D eigenvalue weighted by Gasteiger charge is -2.15. The summed E-state index contributed by atoms with van der Waals surface area (Å²) in [6, 6.07) is 6.14. The van der Waals surface area contributed by atoms with E-state index in [0.29, 0.717) is 0 Å². The van der Waals surface area contributed by atoms with Gasteiger partial charge in [0.25, 0.3) is 0 Å². The van der Waals surface area contributed by atoms with Crippen LogP contribution in [-0.2, 0) is 6.54 Å². The zero-order chi connectivity index (χ0) is 11.8. The van der Waals surface area contributed by atoms with E-state index in [0.717, 1.165) is 12.3 Å². The molecule has 0 heterocycles. The molecule has 0 saturated heterocycles. The van der Waals surface area contributed by atoms with Gasteiger partial charge in [0.1, 0.15) is 5.75 Å². The number of methoxy groups -OCH3 is 1. The van der Waals surface area contributed by atoms with Crippen LogP contribution >= 0.6 is 0 Å². The first kappa shape index (κ1) is 14.0. The summed E-state index contributed by atoms with van der Waals surface area (Å²) in [6.45, 7) is 7.04. The number of nitrogens with zero attached hydrogens (tertiary/aromatic N) is 1. The molecular weight excluding hydrogens is 186 g/mol. The zero-order valence-corrected chi connectivity index (χ0v) is 10.8. The Kier molecular flexibility index (Phi) is 6.80. The molecule has 2 nitrogen and oxygen atoms in total. The second-order valence-corrected chi connectivity index (χ2v) is 3.49. The van der Waals surface area contributed by atoms with Crippen molar-refractivity contribution < 1.29 is 4.74 Å². The fourth-order valence-corrected chi connectivity index (χ4v) is 1.39. The first-order valence-electron chi connectivity index (χ1n) is 5.42. The molecule has 0 aliphatic heterocycles. The highest BCUT2D eigenvalue weighted by molar-refractivity contribution is 5.39. The largest absolute Gasteiger partial charge is 0.496 e. The number of aryl methyl sites for hydroxylation is 1. The number of ether oxygens (including phenoxy) is 1. The topological polar surface area (TPSA) is 12.5 Å². The van der Waals surface area contributed by atoms with E-state index in [9.17, 15) is 0 Å². The van der Waals surface area contributed by atoms with Gasteiger partial charge in [-0.15, -0.1) is 0 Å². The molecule has 0 aliphatic rings. The summed E-state index contributed by atoms with van der Waals surface area (Å²) < 4.78 is 5.30. The van der Waals surface area contributed by atoms with Crippen molar-refractivity contribution in [3.63, 3.8) is 0 Å². The summed E-state index contributed by atoms with van der Waals surface area (Å²) in [6.07, 6.45) is 0. The summed E-state index contributed by atoms with van der Waals surface area (Å²) in [5, 5.41) is 0. The molecule has 0 unspecified atom stereocenters. The molecule has 0 aliphatic carbocycles. The fourth-order valence-electron chi connectivity index (χ4n) is 1.39. The van der Waals surface area contributed by atoms with Gasteiger partial charge < -0.3 is 9.64 Å². The Labute approximate surface area is 93.9 Å². The van der Waals surface area contributed by atoms with Gasteiger partial charge in [0, 0.05) is 12.1 Å². The molecule has 0 saturated carbocycles. The van der Waals surface area contributed by atoms with Gasteiger partial charge in [-0.3, -0.25) is 0 Å². The molecule has 1 aromatic rings. The molecule has 0 aromatic heterocycles. The number of hydrogen-bond donors (Lipinski definition) is 0. The second kappa shape index (κ2) is 7.30. The van der Waals surface area contributed by atoms with Crippen LogP contribution in [0.3, 0.4) is 0 Å². The minimum Gasteiger partial charge on any atom is -0.496 e. The number of benzene rings is 1. The van der Waals surface area contributed by atoms with Crippen molar-refractivity contribution in [2.75, 3.05) is 21.2 Å². The maximum atomic E-state index is 5.30. The van der Waals surface area contributed by atoms with Gasteiger partial charge >= 0.3 is 0 Å². The van der Waals surface area contributed by atoms with Crippen molar-refractivity contribution >= 4 is 0 Å². The SMILES string of the molecule is CC.COc1cccc(C)c1CN(C)C. The highest BCUT2D eigenvalue weighted by Crippen LogP contribution is 2.22. The van der Waals surface area contributed by atoms with Crippen molar-refractivity contribution in [2.24, 2.45) is 0 Å². The molecule has 1 aromatic carbocycles. The van der Waals surface area contributed by atoms with Crippen LogP contribution in [0.15, 0.2) is 18.2 Å². The van der Waals surface area contributed by atoms with Crippen LogP contribution < -0.4 is 4.74 Å². The Morgan fingerprint density at radius 2 is 1.80 bits per heavy atom. The van der Waals surface area contributed by atoms with E-state index in [1.54, 1.807) is 7.11 Å². The molecule has 0 spiro atoms. The molecule has 0 N–H and O–H groups in total. The van der Waals surface area contributed by atoms with E-state index in [1.165, 1.54) is 11.1 Å². The van der Waals surface area contributed by atoms with Crippen molar-refractivity contribution in [3.05, 3.63) is 29.3 Å². The lowest BCUT2D eigenvalue weighted by atomic mass is 10.1. The van der Waals surface area contributed by atoms with Gasteiger partial charge in [-0.05, 0) is 32.6 Å². The third kappa shape index (κ3) is 4.34. The Hall–Kier alpha value is -1.02. The summed E-state index contributed by atoms with van der Waals surface area (Å²) in [4.78, 5) is 2.14. The van der Waals surface area contributed by atoms with Crippen LogP contribution in [0.5, 0.6) is 5.75 Å². The van der Waals surface area contributed by atoms with Crippen LogP contribution in [0.1, 0.15) is 25.0 Å². The molecule has 0 amide bonds. The van der Waals surface area contributed by atoms with Gasteiger partial charge in [-0.2, -0.15) is 0 Å². The molecule has 0 radical (unpaired) electrons. The third-order valence-electron chi connectivity index (χ3n) is 2.06. The van der Waals surface area contributed by atoms with E-state index < -0.39 is 0 Å². The molecular formula is C13H23NO. The lowest BCUT2D eigenvalue weighted by molar-refractivity contribution is 0.371. The van der Waals surface area contributed by atoms with E-state index in [4.69, 9.17) is 4.74 Å². The molecule has 0 atom stereocenters. The molecule has 0 fully saturated rings. The smallest absolute Gasteiger partial charge is 0.123 e. The number of rotatable bonds is 3. The van der Waals surface area contributed by atoms with E-state index in [-0.39, 0.29) is 0 Å². The molecule has 1 rings (SSSR count). The maximum absolute atomic E-state index is 5.30. The van der Waals surface area contributed by atoms with Crippen LogP contribution in [0.2, 0.25) is 0 Å². The molecule has 0 bridgehead atoms. The van der Waals surface area contributed by atoms with Gasteiger partial charge in [0.2, 0.25) is 0 Å². The summed E-state index contributed by atoms with van der Waals surface area (Å²) >= 11 is 0. The van der Waals surface area contributed by atoms with Crippen molar-refractivity contribution in [2.45, 2.75) is 27.3 Å². The van der Waals surface area contributed by atoms with Crippen molar-refractivity contribution in [1.82, 2.24) is 4.90 Å². The summed E-state index contributed by atoms with van der Waals surface area (Å²) in [5.74, 6) is 0.980. The predicted molar refractivity (Wildman–Crippen MR) is 66.5 cm³/mol. The minimum atomic E-state index is 0.926. The van der Waals surface area contributed by atoms with Gasteiger partial charge in [-0.25, -0.2) is 0 Å². The quantitative estimate of drug-likeness (QED) is 0.758. The van der Waals surface area contributed by atoms with Crippen molar-refractivity contribution in [1.29, 1.82) is 0 Å². The summed E-state index contributed by atoms with van der Waals surface area (Å²) in [5.41, 5.74) is 2.56. The predicted octanol–water partition coefficient (Wildman–Crippen LogP) is 3.09. The first-order chi connectivity index (χ1) is 7.15. The lowest BCUT2D eigenvalue weighted by Crippen LogP contribution is -2.12. The van der Waals surface area contributed by atoms with Crippen LogP contribution in [0, 0.1) is 6.92 Å². The fraction of sp³-hybridized carbons (Fsp3) is 0.538. The van der Waals surface area contributed by atoms with Gasteiger partial charge in [0.05, 0.1) is 7.11 Å². The minimum absolute atomic E-state index is 0.926. The van der Waals surface area contributed by atoms with Gasteiger partial charge in [-0.1, -0.05) is 26.0 Å². The van der Waals surface area contributed by atoms with Gasteiger partial charge in [0.15, 0.2) is 0 Å². The Morgan fingerprint density at radius 3 is 2.27 bits per heavy atom. The normalized spacial score (nSPS) is 9.53. The average Bonchev–Trinajstić information content (AvgIpc) is 2.23. The molecule has 15 heavy (non-hydrogen) atoms. The van der Waals surface area contributed by atoms with E-state index >= 15 is 0 Å². The zero-order valence-electron chi connectivity index (χ0n) is 10.8. The third-order valence-corrected chi connectivity index (χ3v) is 2.06. The van der Waals surface area contributed by atoms with Crippen LogP contribution in [-0.4, -0.2) is 26.1 Å². The molecule has 86 valence electrons. The van der Waals surface area contributed by atoms with Crippen LogP contribution in [0.4, 0.5) is 0 Å². The van der Waals surface area contributed by atoms with E-state index in [2.05, 4.69) is 32.0 Å². The second-order valence-electron chi connectivity index (χ2n) is 3.49.